The Balaban J connectivity index is 1.67. The minimum atomic E-state index is -0.141. The fourth-order valence-electron chi connectivity index (χ4n) is 1.91. The van der Waals surface area contributed by atoms with Crippen LogP contribution in [0.2, 0.25) is 0 Å². The maximum Gasteiger partial charge on any atom is 0.324 e. The maximum absolute atomic E-state index is 12.0. The zero-order valence-corrected chi connectivity index (χ0v) is 10.6. The highest BCUT2D eigenvalue weighted by Gasteiger charge is 2.22. The lowest BCUT2D eigenvalue weighted by atomic mass is 10.1. The summed E-state index contributed by atoms with van der Waals surface area (Å²) < 4.78 is 0. The van der Waals surface area contributed by atoms with Gasteiger partial charge in [-0.05, 0) is 6.92 Å². The first-order valence-electron chi connectivity index (χ1n) is 5.59. The minimum Gasteiger partial charge on any atom is -0.320 e. The molecule has 0 aliphatic carbocycles. The average Bonchev–Trinajstić information content (AvgIpc) is 2.96. The van der Waals surface area contributed by atoms with E-state index in [2.05, 4.69) is 25.7 Å². The molecular weight excluding hydrogens is 252 g/mol. The van der Waals surface area contributed by atoms with Crippen LogP contribution in [-0.4, -0.2) is 37.9 Å². The van der Waals surface area contributed by atoms with Crippen LogP contribution in [-0.2, 0) is 13.0 Å². The second-order valence-electron chi connectivity index (χ2n) is 4.10. The molecule has 0 saturated carbocycles. The fraction of sp³-hybridized carbons (Fsp3) is 0.400. The van der Waals surface area contributed by atoms with Crippen molar-refractivity contribution in [2.45, 2.75) is 19.9 Å². The third-order valence-electron chi connectivity index (χ3n) is 2.83. The number of carbonyl (C=O) groups excluding carboxylic acids is 1. The molecule has 94 valence electrons. The van der Waals surface area contributed by atoms with Crippen molar-refractivity contribution in [3.8, 4) is 0 Å². The number of aromatic nitrogens is 4. The van der Waals surface area contributed by atoms with Crippen LogP contribution < -0.4 is 5.32 Å². The number of hydrogen-bond donors (Lipinski definition) is 2. The van der Waals surface area contributed by atoms with Crippen molar-refractivity contribution in [1.82, 2.24) is 25.3 Å². The Morgan fingerprint density at radius 2 is 2.44 bits per heavy atom. The van der Waals surface area contributed by atoms with Crippen LogP contribution in [0.25, 0.3) is 0 Å². The van der Waals surface area contributed by atoms with Crippen LogP contribution in [0, 0.1) is 6.92 Å². The summed E-state index contributed by atoms with van der Waals surface area (Å²) in [6.45, 7) is 3.11. The Bertz CT molecular complexity index is 576. The van der Waals surface area contributed by atoms with E-state index in [0.29, 0.717) is 18.2 Å². The van der Waals surface area contributed by atoms with E-state index in [9.17, 15) is 4.79 Å². The monoisotopic (exact) mass is 264 g/mol. The predicted octanol–water partition coefficient (Wildman–Crippen LogP) is 1.16. The summed E-state index contributed by atoms with van der Waals surface area (Å²) in [6.07, 6.45) is 2.57. The summed E-state index contributed by atoms with van der Waals surface area (Å²) in [5, 5.41) is 18.8. The molecule has 18 heavy (non-hydrogen) atoms. The minimum absolute atomic E-state index is 0.141. The molecule has 2 aromatic rings. The molecule has 2 aromatic heterocycles. The highest BCUT2D eigenvalue weighted by atomic mass is 32.1. The molecule has 8 heteroatoms. The third kappa shape index (κ3) is 2.06. The van der Waals surface area contributed by atoms with Gasteiger partial charge in [-0.15, -0.1) is 10.2 Å². The zero-order valence-electron chi connectivity index (χ0n) is 9.80. The van der Waals surface area contributed by atoms with Gasteiger partial charge < -0.3 is 4.90 Å². The molecule has 1 aliphatic heterocycles. The lowest BCUT2D eigenvalue weighted by molar-refractivity contribution is 0.206. The van der Waals surface area contributed by atoms with E-state index in [1.807, 2.05) is 6.92 Å². The third-order valence-corrected chi connectivity index (χ3v) is 3.58. The van der Waals surface area contributed by atoms with Gasteiger partial charge >= 0.3 is 6.03 Å². The Kier molecular flexibility index (Phi) is 2.71. The van der Waals surface area contributed by atoms with E-state index >= 15 is 0 Å². The number of aryl methyl sites for hydroxylation is 1. The Hall–Kier alpha value is -1.96. The highest BCUT2D eigenvalue weighted by Crippen LogP contribution is 2.18. The fourth-order valence-corrected chi connectivity index (χ4v) is 2.49. The molecule has 3 rings (SSSR count). The van der Waals surface area contributed by atoms with Crippen molar-refractivity contribution >= 4 is 22.5 Å². The van der Waals surface area contributed by atoms with Crippen LogP contribution in [0.5, 0.6) is 0 Å². The summed E-state index contributed by atoms with van der Waals surface area (Å²) in [5.74, 6) is 0. The number of fused-ring (bicyclic) bond motifs is 1. The number of urea groups is 1. The van der Waals surface area contributed by atoms with Crippen molar-refractivity contribution in [2.75, 3.05) is 11.9 Å². The van der Waals surface area contributed by atoms with E-state index in [1.165, 1.54) is 11.3 Å². The lowest BCUT2D eigenvalue weighted by Gasteiger charge is -2.26. The first-order chi connectivity index (χ1) is 8.72. The van der Waals surface area contributed by atoms with E-state index < -0.39 is 0 Å². The summed E-state index contributed by atoms with van der Waals surface area (Å²) >= 11 is 1.37. The molecule has 2 N–H and O–H groups in total. The molecule has 0 aromatic carbocycles. The molecule has 3 heterocycles. The predicted molar refractivity (Wildman–Crippen MR) is 66.4 cm³/mol. The van der Waals surface area contributed by atoms with Crippen molar-refractivity contribution in [2.24, 2.45) is 0 Å². The standard InChI is InChI=1S/C10H12N6OS/c1-6-13-15-9(18-6)12-10(17)16-3-2-8-7(5-16)4-11-14-8/h4H,2-3,5H2,1H3,(H,11,14)(H,12,15,17). The number of carbonyl (C=O) groups is 1. The van der Waals surface area contributed by atoms with Crippen molar-refractivity contribution in [1.29, 1.82) is 0 Å². The molecule has 2 amide bonds. The van der Waals surface area contributed by atoms with Crippen LogP contribution in [0.15, 0.2) is 6.20 Å². The van der Waals surface area contributed by atoms with Gasteiger partial charge in [0.2, 0.25) is 5.13 Å². The van der Waals surface area contributed by atoms with Gasteiger partial charge in [-0.3, -0.25) is 10.4 Å². The number of nitrogens with zero attached hydrogens (tertiary/aromatic N) is 4. The smallest absolute Gasteiger partial charge is 0.320 e. The van der Waals surface area contributed by atoms with Crippen molar-refractivity contribution in [3.05, 3.63) is 22.5 Å². The van der Waals surface area contributed by atoms with E-state index in [4.69, 9.17) is 0 Å². The topological polar surface area (TPSA) is 86.8 Å². The maximum atomic E-state index is 12.0. The molecule has 0 saturated heterocycles. The quantitative estimate of drug-likeness (QED) is 0.809. The Morgan fingerprint density at radius 1 is 1.56 bits per heavy atom. The van der Waals surface area contributed by atoms with E-state index in [0.717, 1.165) is 22.7 Å². The average molecular weight is 264 g/mol. The zero-order chi connectivity index (χ0) is 12.5. The van der Waals surface area contributed by atoms with Crippen LogP contribution in [0.1, 0.15) is 16.3 Å². The molecule has 0 fully saturated rings. The summed E-state index contributed by atoms with van der Waals surface area (Å²) in [4.78, 5) is 13.8. The summed E-state index contributed by atoms with van der Waals surface area (Å²) in [5.41, 5.74) is 2.19. The van der Waals surface area contributed by atoms with Gasteiger partial charge in [-0.2, -0.15) is 5.10 Å². The second-order valence-corrected chi connectivity index (χ2v) is 5.28. The van der Waals surface area contributed by atoms with Gasteiger partial charge in [0.05, 0.1) is 12.7 Å². The molecular formula is C10H12N6OS. The number of H-pyrrole nitrogens is 1. The van der Waals surface area contributed by atoms with Gasteiger partial charge in [-0.1, -0.05) is 11.3 Å². The SMILES string of the molecule is Cc1nnc(NC(=O)N2CCc3[nH]ncc3C2)s1. The van der Waals surface area contributed by atoms with Gasteiger partial charge in [0.1, 0.15) is 5.01 Å². The summed E-state index contributed by atoms with van der Waals surface area (Å²) in [6, 6.07) is -0.141. The van der Waals surface area contributed by atoms with Crippen LogP contribution in [0.4, 0.5) is 9.93 Å². The number of aromatic amines is 1. The van der Waals surface area contributed by atoms with Crippen LogP contribution >= 0.6 is 11.3 Å². The van der Waals surface area contributed by atoms with Gasteiger partial charge in [-0.25, -0.2) is 4.79 Å². The van der Waals surface area contributed by atoms with E-state index in [-0.39, 0.29) is 6.03 Å². The molecule has 0 atom stereocenters. The van der Waals surface area contributed by atoms with Gasteiger partial charge in [0, 0.05) is 24.2 Å². The van der Waals surface area contributed by atoms with Crippen LogP contribution in [0.3, 0.4) is 0 Å². The molecule has 0 spiro atoms. The van der Waals surface area contributed by atoms with Crippen molar-refractivity contribution < 1.29 is 4.79 Å². The lowest BCUT2D eigenvalue weighted by Crippen LogP contribution is -2.38. The first kappa shape index (κ1) is 11.1. The number of amides is 2. The van der Waals surface area contributed by atoms with Gasteiger partial charge in [0.25, 0.3) is 0 Å². The molecule has 0 radical (unpaired) electrons. The molecule has 0 unspecified atom stereocenters. The Morgan fingerprint density at radius 3 is 3.22 bits per heavy atom. The largest absolute Gasteiger partial charge is 0.324 e. The normalized spacial score (nSPS) is 14.4. The van der Waals surface area contributed by atoms with Crippen molar-refractivity contribution in [3.63, 3.8) is 0 Å². The van der Waals surface area contributed by atoms with Gasteiger partial charge in [0.15, 0.2) is 0 Å². The number of anilines is 1. The molecule has 1 aliphatic rings. The number of rotatable bonds is 1. The number of nitrogens with one attached hydrogen (secondary N) is 2. The van der Waals surface area contributed by atoms with E-state index in [1.54, 1.807) is 11.1 Å². The second kappa shape index (κ2) is 4.37. The number of hydrogen-bond acceptors (Lipinski definition) is 5. The Labute approximate surface area is 107 Å². The highest BCUT2D eigenvalue weighted by molar-refractivity contribution is 7.15. The molecule has 7 nitrogen and oxygen atoms in total. The first-order valence-corrected chi connectivity index (χ1v) is 6.41. The summed E-state index contributed by atoms with van der Waals surface area (Å²) in [7, 11) is 0. The molecule has 0 bridgehead atoms.